The van der Waals surface area contributed by atoms with Crippen LogP contribution in [-0.4, -0.2) is 17.9 Å². The molecule has 0 aliphatic rings. The quantitative estimate of drug-likeness (QED) is 0.673. The Hall–Kier alpha value is -2.04. The Morgan fingerprint density at radius 3 is 2.67 bits per heavy atom. The molecule has 2 aromatic carbocycles. The maximum atomic E-state index is 12.6. The minimum Gasteiger partial charge on any atom is -0.337 e. The average Bonchev–Trinajstić information content (AvgIpc) is 2.48. The Labute approximate surface area is 129 Å². The molecule has 1 amide bonds. The number of rotatable bonds is 4. The van der Waals surface area contributed by atoms with Gasteiger partial charge in [-0.1, -0.05) is 35.9 Å². The number of hydrogen-bond donors (Lipinski definition) is 2. The molecule has 21 heavy (non-hydrogen) atoms. The maximum Gasteiger partial charge on any atom is 0.256 e. The first-order valence-electron chi connectivity index (χ1n) is 6.59. The van der Waals surface area contributed by atoms with E-state index in [9.17, 15) is 4.79 Å². The van der Waals surface area contributed by atoms with Crippen LogP contribution >= 0.6 is 11.6 Å². The van der Waals surface area contributed by atoms with Crippen molar-refractivity contribution in [2.75, 3.05) is 12.5 Å². The summed E-state index contributed by atoms with van der Waals surface area (Å²) < 4.78 is 0. The smallest absolute Gasteiger partial charge is 0.256 e. The topological polar surface area (TPSA) is 58.4 Å². The van der Waals surface area contributed by atoms with Gasteiger partial charge in [-0.25, -0.2) is 0 Å². The fourth-order valence-corrected chi connectivity index (χ4v) is 2.31. The molecule has 2 rings (SSSR count). The molecule has 0 unspecified atom stereocenters. The third kappa shape index (κ3) is 3.54. The first-order chi connectivity index (χ1) is 10.0. The number of nitrogens with one attached hydrogen (secondary N) is 1. The van der Waals surface area contributed by atoms with Crippen molar-refractivity contribution >= 4 is 23.2 Å². The van der Waals surface area contributed by atoms with Crippen molar-refractivity contribution in [1.82, 2.24) is 4.90 Å². The lowest BCUT2D eigenvalue weighted by Gasteiger charge is -2.20. The highest BCUT2D eigenvalue weighted by atomic mass is 35.5. The van der Waals surface area contributed by atoms with Crippen LogP contribution in [0.25, 0.3) is 0 Å². The molecule has 0 bridgehead atoms. The zero-order valence-corrected chi connectivity index (χ0v) is 12.8. The molecule has 0 atom stereocenters. The van der Waals surface area contributed by atoms with E-state index in [1.165, 1.54) is 0 Å². The number of carbonyl (C=O) groups excluding carboxylic acids is 1. The second-order valence-corrected chi connectivity index (χ2v) is 5.36. The van der Waals surface area contributed by atoms with E-state index in [0.717, 1.165) is 11.1 Å². The Kier molecular flexibility index (Phi) is 4.83. The lowest BCUT2D eigenvalue weighted by molar-refractivity contribution is 0.0786. The number of halogens is 1. The number of carbonyl (C=O) groups is 1. The van der Waals surface area contributed by atoms with Gasteiger partial charge in [0.25, 0.3) is 5.91 Å². The average molecular weight is 304 g/mol. The van der Waals surface area contributed by atoms with Crippen LogP contribution in [-0.2, 0) is 6.54 Å². The maximum absolute atomic E-state index is 12.6. The number of aryl methyl sites for hydroxylation is 1. The Balaban J connectivity index is 2.24. The fraction of sp³-hybridized carbons (Fsp3) is 0.188. The molecule has 0 aliphatic heterocycles. The minimum atomic E-state index is -0.131. The first kappa shape index (κ1) is 15.4. The van der Waals surface area contributed by atoms with Crippen molar-refractivity contribution in [3.63, 3.8) is 0 Å². The monoisotopic (exact) mass is 303 g/mol. The molecule has 0 aromatic heterocycles. The molecule has 0 heterocycles. The number of nitrogen functional groups attached to an aromatic ring is 1. The summed E-state index contributed by atoms with van der Waals surface area (Å²) in [6.07, 6.45) is 0. The first-order valence-corrected chi connectivity index (χ1v) is 6.97. The number of hydrogen-bond acceptors (Lipinski definition) is 3. The molecular weight excluding hydrogens is 286 g/mol. The third-order valence-corrected chi connectivity index (χ3v) is 3.62. The van der Waals surface area contributed by atoms with Crippen molar-refractivity contribution < 1.29 is 4.79 Å². The second-order valence-electron chi connectivity index (χ2n) is 4.92. The van der Waals surface area contributed by atoms with Crippen molar-refractivity contribution in [3.8, 4) is 0 Å². The van der Waals surface area contributed by atoms with Gasteiger partial charge in [-0.05, 0) is 36.2 Å². The van der Waals surface area contributed by atoms with E-state index >= 15 is 0 Å². The summed E-state index contributed by atoms with van der Waals surface area (Å²) in [7, 11) is 1.76. The Morgan fingerprint density at radius 1 is 1.29 bits per heavy atom. The van der Waals surface area contributed by atoms with Crippen molar-refractivity contribution in [3.05, 3.63) is 64.2 Å². The van der Waals surface area contributed by atoms with E-state index in [4.69, 9.17) is 17.4 Å². The molecule has 0 spiro atoms. The number of nitrogens with zero attached hydrogens (tertiary/aromatic N) is 1. The zero-order chi connectivity index (χ0) is 15.4. The number of benzene rings is 2. The van der Waals surface area contributed by atoms with E-state index < -0.39 is 0 Å². The summed E-state index contributed by atoms with van der Waals surface area (Å²) in [4.78, 5) is 14.2. The third-order valence-electron chi connectivity index (χ3n) is 3.38. The van der Waals surface area contributed by atoms with Gasteiger partial charge in [0, 0.05) is 18.6 Å². The van der Waals surface area contributed by atoms with Gasteiger partial charge in [0.1, 0.15) is 0 Å². The van der Waals surface area contributed by atoms with E-state index in [1.54, 1.807) is 30.1 Å². The molecule has 0 radical (unpaired) electrons. The van der Waals surface area contributed by atoms with Crippen LogP contribution in [0.4, 0.5) is 5.69 Å². The summed E-state index contributed by atoms with van der Waals surface area (Å²) in [5, 5.41) is 0.502. The largest absolute Gasteiger partial charge is 0.337 e. The van der Waals surface area contributed by atoms with E-state index in [2.05, 4.69) is 5.43 Å². The zero-order valence-electron chi connectivity index (χ0n) is 12.1. The molecule has 0 saturated heterocycles. The van der Waals surface area contributed by atoms with Crippen molar-refractivity contribution in [2.24, 2.45) is 5.84 Å². The highest BCUT2D eigenvalue weighted by Gasteiger charge is 2.17. The predicted octanol–water partition coefficient (Wildman–Crippen LogP) is 3.21. The lowest BCUT2D eigenvalue weighted by atomic mass is 10.1. The van der Waals surface area contributed by atoms with E-state index in [0.29, 0.717) is 22.8 Å². The van der Waals surface area contributed by atoms with Gasteiger partial charge in [-0.2, -0.15) is 0 Å². The fourth-order valence-electron chi connectivity index (χ4n) is 2.14. The summed E-state index contributed by atoms with van der Waals surface area (Å²) >= 11 is 5.97. The molecule has 4 nitrogen and oxygen atoms in total. The SMILES string of the molecule is Cc1ccccc1CN(C)C(=O)c1cc(Cl)ccc1NN. The van der Waals surface area contributed by atoms with Crippen LogP contribution in [0.5, 0.6) is 0 Å². The molecule has 5 heteroatoms. The number of nitrogens with two attached hydrogens (primary N) is 1. The molecule has 2 aromatic rings. The van der Waals surface area contributed by atoms with Gasteiger partial charge in [0.2, 0.25) is 0 Å². The van der Waals surface area contributed by atoms with Gasteiger partial charge in [0.05, 0.1) is 11.3 Å². The van der Waals surface area contributed by atoms with Crippen molar-refractivity contribution in [2.45, 2.75) is 13.5 Å². The van der Waals surface area contributed by atoms with E-state index in [-0.39, 0.29) is 5.91 Å². The number of amides is 1. The highest BCUT2D eigenvalue weighted by molar-refractivity contribution is 6.31. The normalized spacial score (nSPS) is 10.3. The Bertz CT molecular complexity index is 658. The lowest BCUT2D eigenvalue weighted by Crippen LogP contribution is -2.28. The van der Waals surface area contributed by atoms with Crippen molar-refractivity contribution in [1.29, 1.82) is 0 Å². The van der Waals surface area contributed by atoms with Gasteiger partial charge < -0.3 is 10.3 Å². The summed E-state index contributed by atoms with van der Waals surface area (Å²) in [6, 6.07) is 13.0. The van der Waals surface area contributed by atoms with Gasteiger partial charge in [0.15, 0.2) is 0 Å². The highest BCUT2D eigenvalue weighted by Crippen LogP contribution is 2.22. The molecule has 0 aliphatic carbocycles. The molecular formula is C16H18ClN3O. The number of anilines is 1. The van der Waals surface area contributed by atoms with Gasteiger partial charge in [-0.3, -0.25) is 10.6 Å². The molecule has 0 fully saturated rings. The van der Waals surface area contributed by atoms with Gasteiger partial charge in [-0.15, -0.1) is 0 Å². The summed E-state index contributed by atoms with van der Waals surface area (Å²) in [5.74, 6) is 5.32. The molecule has 3 N–H and O–H groups in total. The summed E-state index contributed by atoms with van der Waals surface area (Å²) in [6.45, 7) is 2.56. The van der Waals surface area contributed by atoms with Crippen LogP contribution < -0.4 is 11.3 Å². The molecule has 0 saturated carbocycles. The Morgan fingerprint density at radius 2 is 2.00 bits per heavy atom. The number of hydrazine groups is 1. The predicted molar refractivity (Wildman–Crippen MR) is 86.2 cm³/mol. The van der Waals surface area contributed by atoms with Crippen LogP contribution in [0, 0.1) is 6.92 Å². The second kappa shape index (κ2) is 6.61. The van der Waals surface area contributed by atoms with Gasteiger partial charge >= 0.3 is 0 Å². The van der Waals surface area contributed by atoms with Crippen LogP contribution in [0.1, 0.15) is 21.5 Å². The molecule has 110 valence electrons. The van der Waals surface area contributed by atoms with E-state index in [1.807, 2.05) is 31.2 Å². The minimum absolute atomic E-state index is 0.131. The standard InChI is InChI=1S/C16H18ClN3O/c1-11-5-3-4-6-12(11)10-20(2)16(21)14-9-13(17)7-8-15(14)19-18/h3-9,19H,10,18H2,1-2H3. The summed E-state index contributed by atoms with van der Waals surface area (Å²) in [5.41, 5.74) is 5.81. The van der Waals surface area contributed by atoms with Crippen LogP contribution in [0.15, 0.2) is 42.5 Å². The van der Waals surface area contributed by atoms with Crippen LogP contribution in [0.2, 0.25) is 5.02 Å². The van der Waals surface area contributed by atoms with Crippen LogP contribution in [0.3, 0.4) is 0 Å².